The summed E-state index contributed by atoms with van der Waals surface area (Å²) in [5, 5.41) is 4.60. The van der Waals surface area contributed by atoms with Crippen molar-refractivity contribution < 1.29 is 4.79 Å². The molecule has 2 heterocycles. The van der Waals surface area contributed by atoms with Crippen LogP contribution in [0.5, 0.6) is 0 Å². The fourth-order valence-corrected chi connectivity index (χ4v) is 2.55. The lowest BCUT2D eigenvalue weighted by Gasteiger charge is -2.02. The summed E-state index contributed by atoms with van der Waals surface area (Å²) in [7, 11) is 0. The van der Waals surface area contributed by atoms with Gasteiger partial charge >= 0.3 is 0 Å². The van der Waals surface area contributed by atoms with Crippen LogP contribution in [0, 0.1) is 13.8 Å². The van der Waals surface area contributed by atoms with Crippen molar-refractivity contribution in [2.45, 2.75) is 13.8 Å². The summed E-state index contributed by atoms with van der Waals surface area (Å²) in [6.45, 7) is 3.77. The third-order valence-electron chi connectivity index (χ3n) is 3.38. The first kappa shape index (κ1) is 15.2. The van der Waals surface area contributed by atoms with Crippen molar-refractivity contribution in [3.8, 4) is 0 Å². The van der Waals surface area contributed by atoms with Crippen molar-refractivity contribution in [3.63, 3.8) is 0 Å². The first-order chi connectivity index (χ1) is 11.0. The van der Waals surface area contributed by atoms with E-state index in [-0.39, 0.29) is 5.91 Å². The number of hydrogen-bond acceptors (Lipinski definition) is 3. The third kappa shape index (κ3) is 3.24. The second-order valence-corrected chi connectivity index (χ2v) is 5.67. The summed E-state index contributed by atoms with van der Waals surface area (Å²) < 4.78 is 1.77. The number of benzene rings is 1. The van der Waals surface area contributed by atoms with E-state index in [1.165, 1.54) is 0 Å². The van der Waals surface area contributed by atoms with Crippen molar-refractivity contribution in [1.82, 2.24) is 14.8 Å². The van der Waals surface area contributed by atoms with Crippen LogP contribution in [0.1, 0.15) is 27.3 Å². The van der Waals surface area contributed by atoms with Crippen molar-refractivity contribution >= 4 is 29.4 Å². The Balaban J connectivity index is 1.84. The number of hydrazone groups is 1. The van der Waals surface area contributed by atoms with Crippen molar-refractivity contribution in [2.24, 2.45) is 5.10 Å². The highest BCUT2D eigenvalue weighted by Gasteiger charge is 2.15. The topological polar surface area (TPSA) is 58.8 Å². The number of carbonyl (C=O) groups is 1. The SMILES string of the molecule is Cc1ccc2nc(C)c(C(=O)NN=Cc3cccc(Cl)c3)n2c1. The zero-order chi connectivity index (χ0) is 16.4. The minimum atomic E-state index is -0.307. The molecule has 0 radical (unpaired) electrons. The molecule has 0 spiro atoms. The van der Waals surface area contributed by atoms with Gasteiger partial charge in [-0.3, -0.25) is 9.20 Å². The molecule has 2 aromatic heterocycles. The number of aromatic nitrogens is 2. The molecule has 1 aromatic carbocycles. The van der Waals surface area contributed by atoms with Gasteiger partial charge in [0.1, 0.15) is 11.3 Å². The Hall–Kier alpha value is -2.66. The molecule has 5 nitrogen and oxygen atoms in total. The molecule has 3 aromatic rings. The third-order valence-corrected chi connectivity index (χ3v) is 3.62. The second kappa shape index (κ2) is 6.22. The van der Waals surface area contributed by atoms with Crippen LogP contribution in [0.2, 0.25) is 5.02 Å². The van der Waals surface area contributed by atoms with E-state index in [1.54, 1.807) is 29.7 Å². The Labute approximate surface area is 138 Å². The number of rotatable bonds is 3. The van der Waals surface area contributed by atoms with Gasteiger partial charge in [-0.2, -0.15) is 5.10 Å². The minimum absolute atomic E-state index is 0.307. The number of fused-ring (bicyclic) bond motifs is 1. The Bertz CT molecular complexity index is 914. The van der Waals surface area contributed by atoms with E-state index in [1.807, 2.05) is 37.4 Å². The van der Waals surface area contributed by atoms with Gasteiger partial charge in [0.25, 0.3) is 5.91 Å². The van der Waals surface area contributed by atoms with Crippen LogP contribution < -0.4 is 5.43 Å². The molecule has 6 heteroatoms. The maximum atomic E-state index is 12.4. The molecule has 0 bridgehead atoms. The smallest absolute Gasteiger partial charge is 0.290 e. The van der Waals surface area contributed by atoms with Crippen molar-refractivity contribution in [3.05, 3.63) is 70.1 Å². The van der Waals surface area contributed by atoms with E-state index >= 15 is 0 Å². The van der Waals surface area contributed by atoms with Crippen LogP contribution in [0.3, 0.4) is 0 Å². The molecule has 1 N–H and O–H groups in total. The number of hydrogen-bond donors (Lipinski definition) is 1. The number of amides is 1. The number of halogens is 1. The van der Waals surface area contributed by atoms with Gasteiger partial charge in [-0.05, 0) is 43.2 Å². The summed E-state index contributed by atoms with van der Waals surface area (Å²) in [6, 6.07) is 11.1. The van der Waals surface area contributed by atoms with E-state index in [9.17, 15) is 4.79 Å². The van der Waals surface area contributed by atoms with Gasteiger partial charge in [0.05, 0.1) is 11.9 Å². The van der Waals surface area contributed by atoms with Gasteiger partial charge in [-0.25, -0.2) is 10.4 Å². The van der Waals surface area contributed by atoms with Crippen LogP contribution >= 0.6 is 11.6 Å². The average molecular weight is 327 g/mol. The van der Waals surface area contributed by atoms with Crippen LogP contribution in [-0.4, -0.2) is 21.5 Å². The summed E-state index contributed by atoms with van der Waals surface area (Å²) in [5.41, 5.74) is 6.26. The molecule has 0 unspecified atom stereocenters. The van der Waals surface area contributed by atoms with Gasteiger partial charge in [0, 0.05) is 11.2 Å². The number of pyridine rings is 1. The van der Waals surface area contributed by atoms with Crippen molar-refractivity contribution in [2.75, 3.05) is 0 Å². The molecule has 0 saturated carbocycles. The highest BCUT2D eigenvalue weighted by molar-refractivity contribution is 6.30. The fourth-order valence-electron chi connectivity index (χ4n) is 2.35. The number of nitrogens with one attached hydrogen (secondary N) is 1. The fraction of sp³-hybridized carbons (Fsp3) is 0.118. The van der Waals surface area contributed by atoms with E-state index in [0.29, 0.717) is 16.4 Å². The molecule has 0 saturated heterocycles. The highest BCUT2D eigenvalue weighted by atomic mass is 35.5. The van der Waals surface area contributed by atoms with Gasteiger partial charge in [-0.1, -0.05) is 29.8 Å². The molecule has 1 amide bonds. The zero-order valence-corrected chi connectivity index (χ0v) is 13.5. The number of nitrogens with zero attached hydrogens (tertiary/aromatic N) is 3. The maximum Gasteiger partial charge on any atom is 0.290 e. The molecular weight excluding hydrogens is 312 g/mol. The van der Waals surface area contributed by atoms with E-state index < -0.39 is 0 Å². The largest absolute Gasteiger partial charge is 0.295 e. The summed E-state index contributed by atoms with van der Waals surface area (Å²) in [6.07, 6.45) is 3.43. The van der Waals surface area contributed by atoms with Gasteiger partial charge < -0.3 is 0 Å². The first-order valence-electron chi connectivity index (χ1n) is 7.09. The lowest BCUT2D eigenvalue weighted by atomic mass is 10.2. The Kier molecular flexibility index (Phi) is 4.12. The highest BCUT2D eigenvalue weighted by Crippen LogP contribution is 2.13. The molecule has 0 aliphatic rings. The Morgan fingerprint density at radius 3 is 2.91 bits per heavy atom. The van der Waals surface area contributed by atoms with Crippen LogP contribution in [0.15, 0.2) is 47.7 Å². The first-order valence-corrected chi connectivity index (χ1v) is 7.46. The van der Waals surface area contributed by atoms with Gasteiger partial charge in [0.15, 0.2) is 0 Å². The summed E-state index contributed by atoms with van der Waals surface area (Å²) >= 11 is 5.91. The van der Waals surface area contributed by atoms with Gasteiger partial charge in [0.2, 0.25) is 0 Å². The van der Waals surface area contributed by atoms with Crippen LogP contribution in [0.4, 0.5) is 0 Å². The molecule has 0 fully saturated rings. The van der Waals surface area contributed by atoms with E-state index in [2.05, 4.69) is 15.5 Å². The van der Waals surface area contributed by atoms with E-state index in [4.69, 9.17) is 11.6 Å². The number of imidazole rings is 1. The Morgan fingerprint density at radius 2 is 2.13 bits per heavy atom. The summed E-state index contributed by atoms with van der Waals surface area (Å²) in [5.74, 6) is -0.307. The maximum absolute atomic E-state index is 12.4. The molecule has 23 heavy (non-hydrogen) atoms. The quantitative estimate of drug-likeness (QED) is 0.592. The number of carbonyl (C=O) groups excluding carboxylic acids is 1. The van der Waals surface area contributed by atoms with Gasteiger partial charge in [-0.15, -0.1) is 0 Å². The normalized spacial score (nSPS) is 11.3. The molecule has 0 atom stereocenters. The molecule has 0 aliphatic heterocycles. The van der Waals surface area contributed by atoms with Crippen LogP contribution in [-0.2, 0) is 0 Å². The predicted octanol–water partition coefficient (Wildman–Crippen LogP) is 3.37. The molecule has 116 valence electrons. The summed E-state index contributed by atoms with van der Waals surface area (Å²) in [4.78, 5) is 16.8. The number of aryl methyl sites for hydroxylation is 2. The lowest BCUT2D eigenvalue weighted by Crippen LogP contribution is -2.20. The standard InChI is InChI=1S/C17H15ClN4O/c1-11-6-7-15-20-12(2)16(22(15)10-11)17(23)21-19-9-13-4-3-5-14(18)8-13/h3-10H,1-2H3,(H,21,23). The minimum Gasteiger partial charge on any atom is -0.295 e. The van der Waals surface area contributed by atoms with E-state index in [0.717, 1.165) is 16.8 Å². The van der Waals surface area contributed by atoms with Crippen molar-refractivity contribution in [1.29, 1.82) is 0 Å². The molecule has 0 aliphatic carbocycles. The zero-order valence-electron chi connectivity index (χ0n) is 12.7. The predicted molar refractivity (Wildman–Crippen MR) is 91.2 cm³/mol. The molecular formula is C17H15ClN4O. The Morgan fingerprint density at radius 1 is 1.30 bits per heavy atom. The second-order valence-electron chi connectivity index (χ2n) is 5.23. The monoisotopic (exact) mass is 326 g/mol. The average Bonchev–Trinajstić information content (AvgIpc) is 2.82. The lowest BCUT2D eigenvalue weighted by molar-refractivity contribution is 0.0948. The molecule has 3 rings (SSSR count). The van der Waals surface area contributed by atoms with Crippen LogP contribution in [0.25, 0.3) is 5.65 Å².